The van der Waals surface area contributed by atoms with E-state index in [2.05, 4.69) is 6.58 Å². The maximum atomic E-state index is 13.7. The van der Waals surface area contributed by atoms with Gasteiger partial charge in [-0.05, 0) is 30.3 Å². The zero-order valence-corrected chi connectivity index (χ0v) is 10.5. The fraction of sp³-hybridized carbons (Fsp3) is 0.0667. The Morgan fingerprint density at radius 2 is 1.84 bits per heavy atom. The summed E-state index contributed by atoms with van der Waals surface area (Å²) < 4.78 is 24.5. The fourth-order valence-electron chi connectivity index (χ4n) is 1.61. The standard InChI is InChI=1S/C15H14FNO2/c1-3-10-8-14(18-2)15(9-13(10)16)19-12-6-4-11(17)5-7-12/h3-9H,1,17H2,2H3. The molecule has 0 atom stereocenters. The number of ether oxygens (including phenoxy) is 2. The number of nitrogens with two attached hydrogens (primary N) is 1. The molecule has 0 saturated carbocycles. The second-order valence-electron chi connectivity index (χ2n) is 3.90. The third-order valence-corrected chi connectivity index (χ3v) is 2.61. The summed E-state index contributed by atoms with van der Waals surface area (Å²) in [6.45, 7) is 3.54. The van der Waals surface area contributed by atoms with E-state index in [-0.39, 0.29) is 0 Å². The van der Waals surface area contributed by atoms with Crippen LogP contribution in [0.25, 0.3) is 6.08 Å². The zero-order valence-electron chi connectivity index (χ0n) is 10.5. The lowest BCUT2D eigenvalue weighted by Gasteiger charge is -2.12. The zero-order chi connectivity index (χ0) is 13.8. The minimum atomic E-state index is -0.416. The normalized spacial score (nSPS) is 10.0. The molecule has 0 saturated heterocycles. The maximum Gasteiger partial charge on any atom is 0.172 e. The highest BCUT2D eigenvalue weighted by Gasteiger charge is 2.10. The lowest BCUT2D eigenvalue weighted by Crippen LogP contribution is -1.94. The minimum absolute atomic E-state index is 0.301. The van der Waals surface area contributed by atoms with E-state index in [1.165, 1.54) is 25.3 Å². The van der Waals surface area contributed by atoms with Gasteiger partial charge in [0.25, 0.3) is 0 Å². The van der Waals surface area contributed by atoms with Crippen molar-refractivity contribution in [2.24, 2.45) is 0 Å². The summed E-state index contributed by atoms with van der Waals surface area (Å²) in [7, 11) is 1.50. The van der Waals surface area contributed by atoms with Gasteiger partial charge in [0.1, 0.15) is 11.6 Å². The molecule has 0 radical (unpaired) electrons. The molecule has 2 aromatic rings. The van der Waals surface area contributed by atoms with Crippen LogP contribution in [0.4, 0.5) is 10.1 Å². The van der Waals surface area contributed by atoms with Gasteiger partial charge < -0.3 is 15.2 Å². The van der Waals surface area contributed by atoms with Crippen LogP contribution in [0.5, 0.6) is 17.2 Å². The molecule has 2 N–H and O–H groups in total. The van der Waals surface area contributed by atoms with E-state index in [1.54, 1.807) is 24.3 Å². The van der Waals surface area contributed by atoms with Gasteiger partial charge >= 0.3 is 0 Å². The Balaban J connectivity index is 2.36. The number of halogens is 1. The summed E-state index contributed by atoms with van der Waals surface area (Å²) in [5, 5.41) is 0. The summed E-state index contributed by atoms with van der Waals surface area (Å²) >= 11 is 0. The molecular weight excluding hydrogens is 245 g/mol. The Labute approximate surface area is 111 Å². The first-order valence-corrected chi connectivity index (χ1v) is 5.67. The Morgan fingerprint density at radius 1 is 1.16 bits per heavy atom. The summed E-state index contributed by atoms with van der Waals surface area (Å²) in [5.41, 5.74) is 6.58. The van der Waals surface area contributed by atoms with Crippen LogP contribution in [-0.2, 0) is 0 Å². The quantitative estimate of drug-likeness (QED) is 0.848. The van der Waals surface area contributed by atoms with Gasteiger partial charge in [0.05, 0.1) is 7.11 Å². The minimum Gasteiger partial charge on any atom is -0.493 e. The van der Waals surface area contributed by atoms with E-state index in [0.717, 1.165) is 0 Å². The predicted octanol–water partition coefficient (Wildman–Crippen LogP) is 3.85. The Bertz CT molecular complexity index is 594. The molecule has 0 unspecified atom stereocenters. The first-order valence-electron chi connectivity index (χ1n) is 5.67. The molecule has 2 rings (SSSR count). The van der Waals surface area contributed by atoms with Crippen molar-refractivity contribution in [1.82, 2.24) is 0 Å². The number of nitrogen functional groups attached to an aromatic ring is 1. The molecular formula is C15H14FNO2. The molecule has 0 aliphatic heterocycles. The highest BCUT2D eigenvalue weighted by Crippen LogP contribution is 2.34. The number of hydrogen-bond acceptors (Lipinski definition) is 3. The topological polar surface area (TPSA) is 44.5 Å². The first kappa shape index (κ1) is 13.0. The number of rotatable bonds is 4. The molecule has 2 aromatic carbocycles. The van der Waals surface area contributed by atoms with Crippen molar-refractivity contribution >= 4 is 11.8 Å². The molecule has 0 amide bonds. The van der Waals surface area contributed by atoms with Gasteiger partial charge in [0.2, 0.25) is 0 Å². The monoisotopic (exact) mass is 259 g/mol. The van der Waals surface area contributed by atoms with Crippen LogP contribution < -0.4 is 15.2 Å². The van der Waals surface area contributed by atoms with Gasteiger partial charge in [-0.15, -0.1) is 0 Å². The number of hydrogen-bond donors (Lipinski definition) is 1. The number of benzene rings is 2. The third kappa shape index (κ3) is 2.85. The molecule has 0 aliphatic carbocycles. The summed E-state index contributed by atoms with van der Waals surface area (Å²) in [4.78, 5) is 0. The molecule has 0 aromatic heterocycles. The van der Waals surface area contributed by atoms with Gasteiger partial charge in [0.15, 0.2) is 11.5 Å². The average Bonchev–Trinajstić information content (AvgIpc) is 2.42. The third-order valence-electron chi connectivity index (χ3n) is 2.61. The first-order chi connectivity index (χ1) is 9.13. The van der Waals surface area contributed by atoms with Crippen molar-refractivity contribution in [3.63, 3.8) is 0 Å². The van der Waals surface area contributed by atoms with Crippen molar-refractivity contribution in [2.75, 3.05) is 12.8 Å². The van der Waals surface area contributed by atoms with Gasteiger partial charge in [0, 0.05) is 17.3 Å². The van der Waals surface area contributed by atoms with Crippen molar-refractivity contribution in [3.8, 4) is 17.2 Å². The van der Waals surface area contributed by atoms with Gasteiger partial charge in [-0.3, -0.25) is 0 Å². The van der Waals surface area contributed by atoms with Crippen LogP contribution in [0.2, 0.25) is 0 Å². The van der Waals surface area contributed by atoms with Crippen LogP contribution in [0.3, 0.4) is 0 Å². The van der Waals surface area contributed by atoms with E-state index >= 15 is 0 Å². The van der Waals surface area contributed by atoms with Crippen LogP contribution in [-0.4, -0.2) is 7.11 Å². The van der Waals surface area contributed by atoms with Gasteiger partial charge in [-0.2, -0.15) is 0 Å². The summed E-state index contributed by atoms with van der Waals surface area (Å²) in [6.07, 6.45) is 1.42. The molecule has 0 spiro atoms. The molecule has 4 heteroatoms. The lowest BCUT2D eigenvalue weighted by atomic mass is 10.2. The SMILES string of the molecule is C=Cc1cc(OC)c(Oc2ccc(N)cc2)cc1F. The van der Waals surface area contributed by atoms with E-state index < -0.39 is 5.82 Å². The van der Waals surface area contributed by atoms with E-state index in [4.69, 9.17) is 15.2 Å². The second-order valence-corrected chi connectivity index (χ2v) is 3.90. The summed E-state index contributed by atoms with van der Waals surface area (Å²) in [6, 6.07) is 9.62. The maximum absolute atomic E-state index is 13.7. The highest BCUT2D eigenvalue weighted by atomic mass is 19.1. The largest absolute Gasteiger partial charge is 0.493 e. The second kappa shape index (κ2) is 5.44. The van der Waals surface area contributed by atoms with Crippen LogP contribution in [0.15, 0.2) is 43.0 Å². The Kier molecular flexibility index (Phi) is 3.71. The van der Waals surface area contributed by atoms with E-state index in [9.17, 15) is 4.39 Å². The van der Waals surface area contributed by atoms with Crippen molar-refractivity contribution < 1.29 is 13.9 Å². The fourth-order valence-corrected chi connectivity index (χ4v) is 1.61. The van der Waals surface area contributed by atoms with E-state index in [0.29, 0.717) is 28.5 Å². The molecule has 0 bridgehead atoms. The number of methoxy groups -OCH3 is 1. The van der Waals surface area contributed by atoms with Gasteiger partial charge in [-0.1, -0.05) is 12.7 Å². The molecule has 19 heavy (non-hydrogen) atoms. The number of anilines is 1. The smallest absolute Gasteiger partial charge is 0.172 e. The highest BCUT2D eigenvalue weighted by molar-refractivity contribution is 5.56. The predicted molar refractivity (Wildman–Crippen MR) is 74.0 cm³/mol. The Morgan fingerprint density at radius 3 is 2.42 bits per heavy atom. The Hall–Kier alpha value is -2.49. The van der Waals surface area contributed by atoms with Crippen LogP contribution in [0, 0.1) is 5.82 Å². The van der Waals surface area contributed by atoms with Crippen molar-refractivity contribution in [3.05, 3.63) is 54.4 Å². The van der Waals surface area contributed by atoms with Gasteiger partial charge in [-0.25, -0.2) is 4.39 Å². The van der Waals surface area contributed by atoms with Crippen molar-refractivity contribution in [2.45, 2.75) is 0 Å². The van der Waals surface area contributed by atoms with E-state index in [1.807, 2.05) is 0 Å². The molecule has 0 fully saturated rings. The molecule has 0 aliphatic rings. The lowest BCUT2D eigenvalue weighted by molar-refractivity contribution is 0.376. The van der Waals surface area contributed by atoms with Crippen LogP contribution in [0.1, 0.15) is 5.56 Å². The molecule has 0 heterocycles. The molecule has 98 valence electrons. The van der Waals surface area contributed by atoms with Crippen LogP contribution >= 0.6 is 0 Å². The molecule has 3 nitrogen and oxygen atoms in total. The van der Waals surface area contributed by atoms with Crippen molar-refractivity contribution in [1.29, 1.82) is 0 Å². The summed E-state index contributed by atoms with van der Waals surface area (Å²) in [5.74, 6) is 0.878. The average molecular weight is 259 g/mol.